The van der Waals surface area contributed by atoms with Crippen LogP contribution in [0.15, 0.2) is 25.3 Å². The van der Waals surface area contributed by atoms with Crippen molar-refractivity contribution in [2.24, 2.45) is 5.92 Å². The molecule has 1 unspecified atom stereocenters. The van der Waals surface area contributed by atoms with Gasteiger partial charge in [-0.25, -0.2) is 0 Å². The lowest BCUT2D eigenvalue weighted by molar-refractivity contribution is 0.122. The fourth-order valence-electron chi connectivity index (χ4n) is 1.17. The summed E-state index contributed by atoms with van der Waals surface area (Å²) in [6.45, 7) is 11.8. The van der Waals surface area contributed by atoms with Crippen LogP contribution in [0.1, 0.15) is 20.3 Å². The molecule has 0 aliphatic rings. The van der Waals surface area contributed by atoms with Crippen molar-refractivity contribution >= 4 is 10.5 Å². The standard InChI is InChI=1S/C9H18OSi/c1-5-8(4)9(6-2,7-3)10-11/h6-8H,2-3,5H2,1,4,11H3. The first-order valence-corrected chi connectivity index (χ1v) is 4.80. The minimum Gasteiger partial charge on any atom is -0.415 e. The van der Waals surface area contributed by atoms with Crippen molar-refractivity contribution < 1.29 is 4.43 Å². The molecule has 1 nitrogen and oxygen atoms in total. The summed E-state index contributed by atoms with van der Waals surface area (Å²) in [6, 6.07) is 0. The zero-order valence-corrected chi connectivity index (χ0v) is 9.76. The van der Waals surface area contributed by atoms with E-state index in [9.17, 15) is 0 Å². The largest absolute Gasteiger partial charge is 0.415 e. The average molecular weight is 170 g/mol. The molecule has 2 heteroatoms. The van der Waals surface area contributed by atoms with E-state index in [-0.39, 0.29) is 5.60 Å². The van der Waals surface area contributed by atoms with Crippen molar-refractivity contribution in [3.05, 3.63) is 25.3 Å². The number of rotatable bonds is 5. The number of hydrogen-bond donors (Lipinski definition) is 0. The highest BCUT2D eigenvalue weighted by atomic mass is 28.2. The number of hydrogen-bond acceptors (Lipinski definition) is 1. The van der Waals surface area contributed by atoms with Crippen molar-refractivity contribution in [2.45, 2.75) is 25.9 Å². The van der Waals surface area contributed by atoms with Crippen LogP contribution in [0.2, 0.25) is 0 Å². The summed E-state index contributed by atoms with van der Waals surface area (Å²) in [5.74, 6) is 0.468. The van der Waals surface area contributed by atoms with E-state index in [0.29, 0.717) is 5.92 Å². The molecule has 11 heavy (non-hydrogen) atoms. The Kier molecular flexibility index (Phi) is 4.38. The third-order valence-electron chi connectivity index (χ3n) is 2.37. The van der Waals surface area contributed by atoms with E-state index < -0.39 is 0 Å². The van der Waals surface area contributed by atoms with Gasteiger partial charge in [0.2, 0.25) is 0 Å². The van der Waals surface area contributed by atoms with Gasteiger partial charge >= 0.3 is 0 Å². The van der Waals surface area contributed by atoms with Gasteiger partial charge in [-0.05, 0) is 5.92 Å². The molecule has 0 aliphatic carbocycles. The maximum absolute atomic E-state index is 5.49. The molecule has 0 heterocycles. The van der Waals surface area contributed by atoms with Crippen molar-refractivity contribution in [1.82, 2.24) is 0 Å². The molecule has 1 atom stereocenters. The highest BCUT2D eigenvalue weighted by molar-refractivity contribution is 5.98. The summed E-state index contributed by atoms with van der Waals surface area (Å²) in [7, 11) is 0.725. The second-order valence-electron chi connectivity index (χ2n) is 2.78. The van der Waals surface area contributed by atoms with Crippen molar-refractivity contribution in [1.29, 1.82) is 0 Å². The zero-order chi connectivity index (χ0) is 8.91. The van der Waals surface area contributed by atoms with Crippen LogP contribution in [-0.2, 0) is 4.43 Å². The zero-order valence-electron chi connectivity index (χ0n) is 7.76. The fraction of sp³-hybridized carbons (Fsp3) is 0.556. The molecule has 64 valence electrons. The van der Waals surface area contributed by atoms with Crippen LogP contribution in [0.25, 0.3) is 0 Å². The van der Waals surface area contributed by atoms with Gasteiger partial charge in [-0.15, -0.1) is 0 Å². The second kappa shape index (κ2) is 4.52. The van der Waals surface area contributed by atoms with E-state index in [0.717, 1.165) is 16.9 Å². The summed E-state index contributed by atoms with van der Waals surface area (Å²) in [6.07, 6.45) is 4.78. The van der Waals surface area contributed by atoms with Crippen LogP contribution in [0.5, 0.6) is 0 Å². The Morgan fingerprint density at radius 1 is 1.55 bits per heavy atom. The molecule has 0 saturated heterocycles. The lowest BCUT2D eigenvalue weighted by Crippen LogP contribution is -2.34. The van der Waals surface area contributed by atoms with E-state index in [1.54, 1.807) is 0 Å². The summed E-state index contributed by atoms with van der Waals surface area (Å²) < 4.78 is 5.49. The smallest absolute Gasteiger partial charge is 0.147 e. The molecule has 0 bridgehead atoms. The first-order valence-electron chi connectivity index (χ1n) is 3.99. The summed E-state index contributed by atoms with van der Waals surface area (Å²) in [5, 5.41) is 0. The van der Waals surface area contributed by atoms with Crippen LogP contribution in [0, 0.1) is 5.92 Å². The van der Waals surface area contributed by atoms with Gasteiger partial charge in [0.05, 0.1) is 5.60 Å². The van der Waals surface area contributed by atoms with Crippen LogP contribution in [0.3, 0.4) is 0 Å². The SMILES string of the molecule is C=CC(C=C)(O[SiH3])C(C)CC. The Morgan fingerprint density at radius 3 is 2.09 bits per heavy atom. The van der Waals surface area contributed by atoms with Crippen LogP contribution in [-0.4, -0.2) is 16.1 Å². The van der Waals surface area contributed by atoms with Crippen LogP contribution >= 0.6 is 0 Å². The Hall–Kier alpha value is -0.343. The van der Waals surface area contributed by atoms with E-state index in [1.807, 2.05) is 12.2 Å². The lowest BCUT2D eigenvalue weighted by Gasteiger charge is -2.32. The Balaban J connectivity index is 4.52. The van der Waals surface area contributed by atoms with Gasteiger partial charge in [-0.3, -0.25) is 0 Å². The highest BCUT2D eigenvalue weighted by Gasteiger charge is 2.27. The molecule has 0 rings (SSSR count). The van der Waals surface area contributed by atoms with E-state index in [1.165, 1.54) is 0 Å². The molecule has 0 spiro atoms. The molecule has 0 aliphatic heterocycles. The molecular weight excluding hydrogens is 152 g/mol. The van der Waals surface area contributed by atoms with E-state index in [2.05, 4.69) is 27.0 Å². The van der Waals surface area contributed by atoms with Gasteiger partial charge in [0.15, 0.2) is 0 Å². The lowest BCUT2D eigenvalue weighted by atomic mass is 9.87. The normalized spacial score (nSPS) is 14.4. The first-order chi connectivity index (χ1) is 5.16. The van der Waals surface area contributed by atoms with E-state index >= 15 is 0 Å². The monoisotopic (exact) mass is 170 g/mol. The van der Waals surface area contributed by atoms with Gasteiger partial charge in [0, 0.05) is 0 Å². The topological polar surface area (TPSA) is 9.23 Å². The summed E-state index contributed by atoms with van der Waals surface area (Å²) >= 11 is 0. The first kappa shape index (κ1) is 10.7. The Bertz CT molecular complexity index is 134. The fourth-order valence-corrected chi connectivity index (χ4v) is 1.91. The quantitative estimate of drug-likeness (QED) is 0.448. The molecule has 0 amide bonds. The molecule has 0 N–H and O–H groups in total. The Morgan fingerprint density at radius 2 is 2.00 bits per heavy atom. The van der Waals surface area contributed by atoms with Crippen molar-refractivity contribution in [3.63, 3.8) is 0 Å². The summed E-state index contributed by atoms with van der Waals surface area (Å²) in [5.41, 5.74) is -0.277. The van der Waals surface area contributed by atoms with Gasteiger partial charge in [-0.1, -0.05) is 45.6 Å². The third kappa shape index (κ3) is 2.04. The minimum atomic E-state index is -0.277. The molecule has 0 saturated carbocycles. The molecular formula is C9H18OSi. The predicted molar refractivity (Wildman–Crippen MR) is 53.6 cm³/mol. The van der Waals surface area contributed by atoms with Crippen LogP contribution < -0.4 is 0 Å². The maximum atomic E-state index is 5.49. The molecule has 0 aromatic carbocycles. The van der Waals surface area contributed by atoms with Gasteiger partial charge in [0.25, 0.3) is 0 Å². The van der Waals surface area contributed by atoms with Gasteiger partial charge < -0.3 is 4.43 Å². The average Bonchev–Trinajstić information content (AvgIpc) is 2.08. The highest BCUT2D eigenvalue weighted by Crippen LogP contribution is 2.25. The van der Waals surface area contributed by atoms with E-state index in [4.69, 9.17) is 4.43 Å². The van der Waals surface area contributed by atoms with Gasteiger partial charge in [-0.2, -0.15) is 0 Å². The molecule has 0 radical (unpaired) electrons. The maximum Gasteiger partial charge on any atom is 0.147 e. The molecule has 0 aromatic rings. The predicted octanol–water partition coefficient (Wildman–Crippen LogP) is 1.44. The second-order valence-corrected chi connectivity index (χ2v) is 3.18. The molecule has 0 fully saturated rings. The van der Waals surface area contributed by atoms with Crippen molar-refractivity contribution in [2.75, 3.05) is 0 Å². The van der Waals surface area contributed by atoms with Crippen molar-refractivity contribution in [3.8, 4) is 0 Å². The van der Waals surface area contributed by atoms with Gasteiger partial charge in [0.1, 0.15) is 10.5 Å². The third-order valence-corrected chi connectivity index (χ3v) is 3.08. The van der Waals surface area contributed by atoms with Crippen LogP contribution in [0.4, 0.5) is 0 Å². The Labute approximate surface area is 72.7 Å². The summed E-state index contributed by atoms with van der Waals surface area (Å²) in [4.78, 5) is 0. The minimum absolute atomic E-state index is 0.277. The molecule has 0 aromatic heterocycles.